The van der Waals surface area contributed by atoms with E-state index in [-0.39, 0.29) is 11.3 Å². The number of hydrogen-bond acceptors (Lipinski definition) is 6. The lowest BCUT2D eigenvalue weighted by molar-refractivity contribution is 0.0698. The van der Waals surface area contributed by atoms with E-state index in [1.54, 1.807) is 12.1 Å². The summed E-state index contributed by atoms with van der Waals surface area (Å²) >= 11 is 2.76. The van der Waals surface area contributed by atoms with E-state index in [0.29, 0.717) is 0 Å². The zero-order valence-electron chi connectivity index (χ0n) is 9.58. The molecular formula is C11H11N3O2S2. The van der Waals surface area contributed by atoms with Crippen LogP contribution in [-0.4, -0.2) is 20.4 Å². The summed E-state index contributed by atoms with van der Waals surface area (Å²) in [7, 11) is 0. The molecule has 7 heteroatoms. The molecule has 1 heterocycles. The number of benzene rings is 1. The van der Waals surface area contributed by atoms with Gasteiger partial charge in [-0.15, -0.1) is 0 Å². The number of aromatic carboxylic acids is 1. The number of carboxylic acid groups (broad SMARTS) is 1. The first-order valence-corrected chi connectivity index (χ1v) is 6.82. The summed E-state index contributed by atoms with van der Waals surface area (Å²) < 4.78 is 5.01. The molecule has 0 fully saturated rings. The number of hydrogen-bond donors (Lipinski definition) is 2. The molecular weight excluding hydrogens is 270 g/mol. The number of nitrogens with two attached hydrogens (primary N) is 1. The predicted molar refractivity (Wildman–Crippen MR) is 71.2 cm³/mol. The lowest BCUT2D eigenvalue weighted by atomic mass is 10.2. The summed E-state index contributed by atoms with van der Waals surface area (Å²) in [5.74, 6) is -0.203. The van der Waals surface area contributed by atoms with Crippen molar-refractivity contribution < 1.29 is 9.90 Å². The molecule has 2 aromatic rings. The Balaban J connectivity index is 2.19. The van der Waals surface area contributed by atoms with E-state index in [1.165, 1.54) is 29.4 Å². The highest BCUT2D eigenvalue weighted by Crippen LogP contribution is 2.31. The van der Waals surface area contributed by atoms with Crippen molar-refractivity contribution in [3.8, 4) is 0 Å². The van der Waals surface area contributed by atoms with E-state index in [0.717, 1.165) is 21.5 Å². The highest BCUT2D eigenvalue weighted by atomic mass is 32.2. The third-order valence-corrected chi connectivity index (χ3v) is 4.00. The smallest absolute Gasteiger partial charge is 0.337 e. The Kier molecular flexibility index (Phi) is 3.83. The Bertz CT molecular complexity index is 583. The van der Waals surface area contributed by atoms with Gasteiger partial charge in [-0.2, -0.15) is 4.37 Å². The minimum absolute atomic E-state index is 0.117. The van der Waals surface area contributed by atoms with Crippen LogP contribution >= 0.6 is 23.3 Å². The van der Waals surface area contributed by atoms with E-state index in [9.17, 15) is 4.79 Å². The van der Waals surface area contributed by atoms with Gasteiger partial charge in [-0.25, -0.2) is 9.78 Å². The second kappa shape index (κ2) is 5.36. The molecule has 1 aromatic heterocycles. The first-order chi connectivity index (χ1) is 8.60. The van der Waals surface area contributed by atoms with Crippen molar-refractivity contribution in [1.29, 1.82) is 0 Å². The number of carbonyl (C=O) groups is 1. The standard InChI is InChI=1S/C11H11N3O2S2/c1-2-9-13-11(18-14-9)17-6-3-4-7(10(15)16)8(12)5-6/h3-5H,2,12H2,1H3,(H,15,16). The zero-order chi connectivity index (χ0) is 13.1. The Labute approximate surface area is 112 Å². The second-order valence-corrected chi connectivity index (χ2v) is 5.56. The molecule has 94 valence electrons. The van der Waals surface area contributed by atoms with Gasteiger partial charge < -0.3 is 10.8 Å². The topological polar surface area (TPSA) is 89.1 Å². The molecule has 5 nitrogen and oxygen atoms in total. The molecule has 0 spiro atoms. The molecule has 0 radical (unpaired) electrons. The maximum atomic E-state index is 10.8. The Morgan fingerprint density at radius 2 is 2.33 bits per heavy atom. The van der Waals surface area contributed by atoms with Gasteiger partial charge in [0.25, 0.3) is 0 Å². The fraction of sp³-hybridized carbons (Fsp3) is 0.182. The van der Waals surface area contributed by atoms with Gasteiger partial charge in [0, 0.05) is 17.0 Å². The van der Waals surface area contributed by atoms with Gasteiger partial charge in [0.2, 0.25) is 0 Å². The van der Waals surface area contributed by atoms with Crippen LogP contribution in [0.15, 0.2) is 27.4 Å². The molecule has 0 aliphatic heterocycles. The van der Waals surface area contributed by atoms with Crippen LogP contribution in [0.5, 0.6) is 0 Å². The van der Waals surface area contributed by atoms with Gasteiger partial charge in [0.15, 0.2) is 4.34 Å². The number of carboxylic acids is 1. The van der Waals surface area contributed by atoms with E-state index in [1.807, 2.05) is 6.92 Å². The summed E-state index contributed by atoms with van der Waals surface area (Å²) in [5, 5.41) is 8.87. The first kappa shape index (κ1) is 12.8. The zero-order valence-corrected chi connectivity index (χ0v) is 11.2. The number of aromatic nitrogens is 2. The molecule has 0 aliphatic rings. The van der Waals surface area contributed by atoms with Crippen molar-refractivity contribution >= 4 is 35.0 Å². The molecule has 18 heavy (non-hydrogen) atoms. The minimum atomic E-state index is -1.02. The van der Waals surface area contributed by atoms with Gasteiger partial charge in [0.1, 0.15) is 5.82 Å². The average molecular weight is 281 g/mol. The van der Waals surface area contributed by atoms with Crippen molar-refractivity contribution in [2.45, 2.75) is 22.6 Å². The normalized spacial score (nSPS) is 10.5. The van der Waals surface area contributed by atoms with Crippen molar-refractivity contribution in [3.63, 3.8) is 0 Å². The highest BCUT2D eigenvalue weighted by molar-refractivity contribution is 8.01. The van der Waals surface area contributed by atoms with E-state index in [4.69, 9.17) is 10.8 Å². The number of aryl methyl sites for hydroxylation is 1. The Hall–Kier alpha value is -1.60. The fourth-order valence-corrected chi connectivity index (χ4v) is 3.05. The van der Waals surface area contributed by atoms with Crippen LogP contribution < -0.4 is 5.73 Å². The van der Waals surface area contributed by atoms with Gasteiger partial charge >= 0.3 is 5.97 Å². The van der Waals surface area contributed by atoms with Gasteiger partial charge in [-0.3, -0.25) is 0 Å². The number of anilines is 1. The lowest BCUT2D eigenvalue weighted by Crippen LogP contribution is -2.01. The van der Waals surface area contributed by atoms with Gasteiger partial charge in [-0.1, -0.05) is 18.7 Å². The van der Waals surface area contributed by atoms with E-state index in [2.05, 4.69) is 9.36 Å². The van der Waals surface area contributed by atoms with Gasteiger partial charge in [0.05, 0.1) is 5.56 Å². The Morgan fingerprint density at radius 3 is 2.89 bits per heavy atom. The monoisotopic (exact) mass is 281 g/mol. The van der Waals surface area contributed by atoms with Crippen LogP contribution in [0.25, 0.3) is 0 Å². The molecule has 2 rings (SSSR count). The van der Waals surface area contributed by atoms with Crippen molar-refractivity contribution in [3.05, 3.63) is 29.6 Å². The summed E-state index contributed by atoms with van der Waals surface area (Å²) in [4.78, 5) is 16.0. The molecule has 3 N–H and O–H groups in total. The number of rotatable bonds is 4. The highest BCUT2D eigenvalue weighted by Gasteiger charge is 2.10. The van der Waals surface area contributed by atoms with Crippen LogP contribution in [0.1, 0.15) is 23.1 Å². The SMILES string of the molecule is CCc1nsc(Sc2ccc(C(=O)O)c(N)c2)n1. The third kappa shape index (κ3) is 2.80. The van der Waals surface area contributed by atoms with E-state index < -0.39 is 5.97 Å². The van der Waals surface area contributed by atoms with Crippen LogP contribution in [0.3, 0.4) is 0 Å². The van der Waals surface area contributed by atoms with Crippen molar-refractivity contribution in [2.75, 3.05) is 5.73 Å². The van der Waals surface area contributed by atoms with Crippen LogP contribution in [-0.2, 0) is 6.42 Å². The molecule has 0 aliphatic carbocycles. The van der Waals surface area contributed by atoms with Crippen molar-refractivity contribution in [1.82, 2.24) is 9.36 Å². The quantitative estimate of drug-likeness (QED) is 0.837. The van der Waals surface area contributed by atoms with Crippen LogP contribution in [0.4, 0.5) is 5.69 Å². The van der Waals surface area contributed by atoms with Crippen LogP contribution in [0, 0.1) is 0 Å². The molecule has 0 saturated heterocycles. The Morgan fingerprint density at radius 1 is 1.56 bits per heavy atom. The lowest BCUT2D eigenvalue weighted by Gasteiger charge is -2.02. The molecule has 0 atom stereocenters. The molecule has 0 amide bonds. The van der Waals surface area contributed by atoms with Crippen molar-refractivity contribution in [2.24, 2.45) is 0 Å². The second-order valence-electron chi connectivity index (χ2n) is 3.49. The fourth-order valence-electron chi connectivity index (χ4n) is 1.32. The summed E-state index contributed by atoms with van der Waals surface area (Å²) in [5.41, 5.74) is 6.05. The number of nitrogen functional groups attached to an aromatic ring is 1. The van der Waals surface area contributed by atoms with E-state index >= 15 is 0 Å². The largest absolute Gasteiger partial charge is 0.478 e. The van der Waals surface area contributed by atoms with Gasteiger partial charge in [-0.05, 0) is 29.7 Å². The minimum Gasteiger partial charge on any atom is -0.478 e. The molecule has 0 bridgehead atoms. The molecule has 0 unspecified atom stereocenters. The number of nitrogens with zero attached hydrogens (tertiary/aromatic N) is 2. The predicted octanol–water partition coefficient (Wildman–Crippen LogP) is 2.53. The van der Waals surface area contributed by atoms with Crippen LogP contribution in [0.2, 0.25) is 0 Å². The summed E-state index contributed by atoms with van der Waals surface area (Å²) in [6, 6.07) is 4.86. The molecule has 1 aromatic carbocycles. The molecule has 0 saturated carbocycles. The summed E-state index contributed by atoms with van der Waals surface area (Å²) in [6.07, 6.45) is 0.803. The summed E-state index contributed by atoms with van der Waals surface area (Å²) in [6.45, 7) is 2.00. The third-order valence-electron chi connectivity index (χ3n) is 2.22. The first-order valence-electron chi connectivity index (χ1n) is 5.23. The average Bonchev–Trinajstić information content (AvgIpc) is 2.76. The maximum absolute atomic E-state index is 10.8. The maximum Gasteiger partial charge on any atom is 0.337 e.